The summed E-state index contributed by atoms with van der Waals surface area (Å²) in [6.45, 7) is 3.88. The molecule has 0 bridgehead atoms. The van der Waals surface area contributed by atoms with Gasteiger partial charge in [-0.05, 0) is 47.9 Å². The highest BCUT2D eigenvalue weighted by Gasteiger charge is 1.99. The summed E-state index contributed by atoms with van der Waals surface area (Å²) in [5.41, 5.74) is 3.92. The predicted octanol–water partition coefficient (Wildman–Crippen LogP) is 5.08. The minimum absolute atomic E-state index is 0.847. The lowest BCUT2D eigenvalue weighted by atomic mass is 10.1. The maximum absolute atomic E-state index is 5.80. The van der Waals surface area contributed by atoms with Crippen molar-refractivity contribution < 1.29 is 4.74 Å². The topological polar surface area (TPSA) is 21.3 Å². The van der Waals surface area contributed by atoms with Gasteiger partial charge in [-0.25, -0.2) is 0 Å². The molecule has 0 amide bonds. The van der Waals surface area contributed by atoms with Crippen LogP contribution in [0.2, 0.25) is 0 Å². The molecule has 3 rings (SSSR count). The Kier molecular flexibility index (Phi) is 5.07. The average molecular weight is 303 g/mol. The van der Waals surface area contributed by atoms with Gasteiger partial charge in [0.1, 0.15) is 11.5 Å². The van der Waals surface area contributed by atoms with Gasteiger partial charge in [-0.1, -0.05) is 54.6 Å². The third-order valence-electron chi connectivity index (χ3n) is 3.81. The van der Waals surface area contributed by atoms with Crippen molar-refractivity contribution in [1.29, 1.82) is 0 Å². The number of benzene rings is 3. The Hall–Kier alpha value is -2.58. The number of nitrogens with one attached hydrogen (secondary N) is 1. The van der Waals surface area contributed by atoms with E-state index in [0.717, 1.165) is 24.6 Å². The van der Waals surface area contributed by atoms with Crippen LogP contribution in [0.5, 0.6) is 11.5 Å². The van der Waals surface area contributed by atoms with E-state index in [1.54, 1.807) is 0 Å². The van der Waals surface area contributed by atoms with Crippen molar-refractivity contribution in [3.63, 3.8) is 0 Å². The van der Waals surface area contributed by atoms with Gasteiger partial charge in [-0.15, -0.1) is 0 Å². The fourth-order valence-corrected chi connectivity index (χ4v) is 2.45. The van der Waals surface area contributed by atoms with Crippen LogP contribution < -0.4 is 10.1 Å². The minimum atomic E-state index is 0.847. The Bertz CT molecular complexity index is 735. The Morgan fingerprint density at radius 3 is 2.09 bits per heavy atom. The van der Waals surface area contributed by atoms with E-state index in [-0.39, 0.29) is 0 Å². The molecular formula is C21H21NO. The quantitative estimate of drug-likeness (QED) is 0.686. The van der Waals surface area contributed by atoms with Crippen LogP contribution in [0.15, 0.2) is 78.9 Å². The molecule has 0 saturated heterocycles. The molecule has 0 radical (unpaired) electrons. The third-order valence-corrected chi connectivity index (χ3v) is 3.81. The Labute approximate surface area is 137 Å². The lowest BCUT2D eigenvalue weighted by molar-refractivity contribution is 0.482. The van der Waals surface area contributed by atoms with Crippen molar-refractivity contribution in [2.75, 3.05) is 0 Å². The highest BCUT2D eigenvalue weighted by atomic mass is 16.5. The second-order valence-corrected chi connectivity index (χ2v) is 5.59. The molecule has 0 aromatic heterocycles. The molecule has 1 N–H and O–H groups in total. The van der Waals surface area contributed by atoms with Gasteiger partial charge in [-0.2, -0.15) is 0 Å². The second-order valence-electron chi connectivity index (χ2n) is 5.59. The summed E-state index contributed by atoms with van der Waals surface area (Å²) in [5.74, 6) is 1.72. The monoisotopic (exact) mass is 303 g/mol. The van der Waals surface area contributed by atoms with E-state index in [4.69, 9.17) is 4.74 Å². The summed E-state index contributed by atoms with van der Waals surface area (Å²) in [4.78, 5) is 0. The molecular weight excluding hydrogens is 282 g/mol. The third kappa shape index (κ3) is 4.44. The average Bonchev–Trinajstić information content (AvgIpc) is 2.59. The summed E-state index contributed by atoms with van der Waals surface area (Å²) >= 11 is 0. The van der Waals surface area contributed by atoms with Crippen molar-refractivity contribution in [1.82, 2.24) is 5.32 Å². The number of rotatable bonds is 6. The first kappa shape index (κ1) is 15.3. The zero-order valence-electron chi connectivity index (χ0n) is 13.3. The smallest absolute Gasteiger partial charge is 0.127 e. The molecule has 2 heteroatoms. The second kappa shape index (κ2) is 7.61. The maximum atomic E-state index is 5.80. The summed E-state index contributed by atoms with van der Waals surface area (Å²) in [7, 11) is 0. The molecule has 0 heterocycles. The molecule has 23 heavy (non-hydrogen) atoms. The molecule has 0 atom stereocenters. The van der Waals surface area contributed by atoms with Gasteiger partial charge in [0.05, 0.1) is 0 Å². The molecule has 2 nitrogen and oxygen atoms in total. The molecule has 116 valence electrons. The van der Waals surface area contributed by atoms with Crippen molar-refractivity contribution in [3.05, 3.63) is 95.6 Å². The van der Waals surface area contributed by atoms with Crippen molar-refractivity contribution in [3.8, 4) is 11.5 Å². The van der Waals surface area contributed by atoms with E-state index in [1.165, 1.54) is 16.7 Å². The molecule has 0 fully saturated rings. The number of hydrogen-bond acceptors (Lipinski definition) is 2. The Morgan fingerprint density at radius 2 is 1.35 bits per heavy atom. The van der Waals surface area contributed by atoms with Gasteiger partial charge in [0.15, 0.2) is 0 Å². The van der Waals surface area contributed by atoms with E-state index in [1.807, 2.05) is 42.5 Å². The van der Waals surface area contributed by atoms with Gasteiger partial charge in [0, 0.05) is 13.1 Å². The van der Waals surface area contributed by atoms with Crippen molar-refractivity contribution in [2.45, 2.75) is 20.0 Å². The van der Waals surface area contributed by atoms with E-state index >= 15 is 0 Å². The molecule has 0 saturated carbocycles. The highest BCUT2D eigenvalue weighted by molar-refractivity contribution is 5.33. The van der Waals surface area contributed by atoms with E-state index < -0.39 is 0 Å². The van der Waals surface area contributed by atoms with E-state index in [9.17, 15) is 0 Å². The number of hydrogen-bond donors (Lipinski definition) is 1. The van der Waals surface area contributed by atoms with Crippen LogP contribution >= 0.6 is 0 Å². The molecule has 0 aliphatic rings. The molecule has 3 aromatic carbocycles. The van der Waals surface area contributed by atoms with Gasteiger partial charge in [-0.3, -0.25) is 0 Å². The van der Waals surface area contributed by atoms with E-state index in [2.05, 4.69) is 48.6 Å². The molecule has 0 spiro atoms. The summed E-state index contributed by atoms with van der Waals surface area (Å²) in [6, 6.07) is 26.5. The van der Waals surface area contributed by atoms with Crippen LogP contribution in [0.1, 0.15) is 16.7 Å². The van der Waals surface area contributed by atoms with Gasteiger partial charge < -0.3 is 10.1 Å². The van der Waals surface area contributed by atoms with Crippen LogP contribution in [0.3, 0.4) is 0 Å². The van der Waals surface area contributed by atoms with Crippen LogP contribution in [-0.2, 0) is 13.1 Å². The fraction of sp³-hybridized carbons (Fsp3) is 0.143. The summed E-state index contributed by atoms with van der Waals surface area (Å²) in [6.07, 6.45) is 0. The van der Waals surface area contributed by atoms with Crippen molar-refractivity contribution in [2.24, 2.45) is 0 Å². The summed E-state index contributed by atoms with van der Waals surface area (Å²) in [5, 5.41) is 3.49. The highest BCUT2D eigenvalue weighted by Crippen LogP contribution is 2.21. The lowest BCUT2D eigenvalue weighted by Gasteiger charge is -2.09. The van der Waals surface area contributed by atoms with Gasteiger partial charge >= 0.3 is 0 Å². The number of aryl methyl sites for hydroxylation is 1. The zero-order chi connectivity index (χ0) is 15.9. The first-order chi connectivity index (χ1) is 11.3. The molecule has 0 aliphatic heterocycles. The van der Waals surface area contributed by atoms with E-state index in [0.29, 0.717) is 0 Å². The predicted molar refractivity (Wildman–Crippen MR) is 94.7 cm³/mol. The molecule has 0 aliphatic carbocycles. The Morgan fingerprint density at radius 1 is 0.696 bits per heavy atom. The summed E-state index contributed by atoms with van der Waals surface area (Å²) < 4.78 is 5.80. The van der Waals surface area contributed by atoms with Crippen LogP contribution in [0, 0.1) is 6.92 Å². The molecule has 3 aromatic rings. The lowest BCUT2D eigenvalue weighted by Crippen LogP contribution is -2.13. The number of ether oxygens (including phenoxy) is 1. The van der Waals surface area contributed by atoms with Crippen LogP contribution in [0.4, 0.5) is 0 Å². The largest absolute Gasteiger partial charge is 0.457 e. The zero-order valence-corrected chi connectivity index (χ0v) is 13.3. The van der Waals surface area contributed by atoms with Crippen LogP contribution in [0.25, 0.3) is 0 Å². The standard InChI is InChI=1S/C21H21NO/c1-17-7-5-6-8-19(17)16-22-15-18-11-13-21(14-12-18)23-20-9-3-2-4-10-20/h2-14,22H,15-16H2,1H3. The van der Waals surface area contributed by atoms with Crippen LogP contribution in [-0.4, -0.2) is 0 Å². The first-order valence-electron chi connectivity index (χ1n) is 7.88. The normalized spacial score (nSPS) is 10.5. The fourth-order valence-electron chi connectivity index (χ4n) is 2.45. The Balaban J connectivity index is 1.53. The van der Waals surface area contributed by atoms with Crippen molar-refractivity contribution >= 4 is 0 Å². The maximum Gasteiger partial charge on any atom is 0.127 e. The minimum Gasteiger partial charge on any atom is -0.457 e. The van der Waals surface area contributed by atoms with Gasteiger partial charge in [0.2, 0.25) is 0 Å². The first-order valence-corrected chi connectivity index (χ1v) is 7.88. The number of para-hydroxylation sites is 1. The molecule has 0 unspecified atom stereocenters. The SMILES string of the molecule is Cc1ccccc1CNCc1ccc(Oc2ccccc2)cc1. The van der Waals surface area contributed by atoms with Gasteiger partial charge in [0.25, 0.3) is 0 Å².